The SMILES string of the molecule is CC(C)CCNC(=O)C(C#N)C(=O)C(F)(F)F. The zero-order chi connectivity index (χ0) is 13.6. The average Bonchev–Trinajstić information content (AvgIpc) is 2.16. The van der Waals surface area contributed by atoms with Crippen LogP contribution in [0.4, 0.5) is 13.2 Å². The Morgan fingerprint density at radius 3 is 2.24 bits per heavy atom. The number of hydrogen-bond donors (Lipinski definition) is 1. The molecular formula is C10H13F3N2O2. The molecule has 4 nitrogen and oxygen atoms in total. The summed E-state index contributed by atoms with van der Waals surface area (Å²) in [6.45, 7) is 3.88. The summed E-state index contributed by atoms with van der Waals surface area (Å²) in [6, 6.07) is 1.06. The van der Waals surface area contributed by atoms with E-state index in [1.165, 1.54) is 0 Å². The average molecular weight is 250 g/mol. The summed E-state index contributed by atoms with van der Waals surface area (Å²) in [5.41, 5.74) is 0. The van der Waals surface area contributed by atoms with Crippen LogP contribution in [0.5, 0.6) is 0 Å². The number of ketones is 1. The third-order valence-corrected chi connectivity index (χ3v) is 1.95. The first-order valence-corrected chi connectivity index (χ1v) is 4.98. The van der Waals surface area contributed by atoms with Gasteiger partial charge in [0.25, 0.3) is 5.78 Å². The Kier molecular flexibility index (Phi) is 5.65. The molecule has 0 aromatic heterocycles. The highest BCUT2D eigenvalue weighted by atomic mass is 19.4. The summed E-state index contributed by atoms with van der Waals surface area (Å²) in [4.78, 5) is 21.9. The van der Waals surface area contributed by atoms with Gasteiger partial charge in [-0.2, -0.15) is 18.4 Å². The maximum Gasteiger partial charge on any atom is 0.451 e. The van der Waals surface area contributed by atoms with Crippen molar-refractivity contribution < 1.29 is 22.8 Å². The van der Waals surface area contributed by atoms with E-state index in [1.807, 2.05) is 13.8 Å². The van der Waals surface area contributed by atoms with Gasteiger partial charge in [-0.3, -0.25) is 9.59 Å². The van der Waals surface area contributed by atoms with Gasteiger partial charge in [0.05, 0.1) is 6.07 Å². The van der Waals surface area contributed by atoms with Crippen molar-refractivity contribution in [2.24, 2.45) is 11.8 Å². The third-order valence-electron chi connectivity index (χ3n) is 1.95. The second kappa shape index (κ2) is 6.23. The molecule has 0 rings (SSSR count). The standard InChI is InChI=1S/C10H13F3N2O2/c1-6(2)3-4-15-9(17)7(5-14)8(16)10(11,12)13/h6-7H,3-4H2,1-2H3,(H,15,17). The fourth-order valence-corrected chi connectivity index (χ4v) is 0.986. The predicted molar refractivity (Wildman–Crippen MR) is 52.6 cm³/mol. The Balaban J connectivity index is 4.44. The van der Waals surface area contributed by atoms with Crippen molar-refractivity contribution in [2.75, 3.05) is 6.54 Å². The monoisotopic (exact) mass is 250 g/mol. The molecule has 0 bridgehead atoms. The number of rotatable bonds is 5. The van der Waals surface area contributed by atoms with Crippen LogP contribution in [0.25, 0.3) is 0 Å². The molecule has 17 heavy (non-hydrogen) atoms. The summed E-state index contributed by atoms with van der Waals surface area (Å²) < 4.78 is 36.0. The lowest BCUT2D eigenvalue weighted by atomic mass is 10.0. The second-order valence-corrected chi connectivity index (χ2v) is 3.90. The highest BCUT2D eigenvalue weighted by molar-refractivity contribution is 6.06. The van der Waals surface area contributed by atoms with Crippen molar-refractivity contribution in [3.63, 3.8) is 0 Å². The number of alkyl halides is 3. The number of nitrogens with zero attached hydrogens (tertiary/aromatic N) is 1. The Morgan fingerprint density at radius 1 is 1.35 bits per heavy atom. The Morgan fingerprint density at radius 2 is 1.88 bits per heavy atom. The maximum atomic E-state index is 12.0. The molecule has 0 spiro atoms. The zero-order valence-corrected chi connectivity index (χ0v) is 9.47. The molecule has 1 unspecified atom stereocenters. The molecule has 0 radical (unpaired) electrons. The quantitative estimate of drug-likeness (QED) is 0.750. The molecule has 0 saturated carbocycles. The van der Waals surface area contributed by atoms with Crippen LogP contribution in [-0.2, 0) is 9.59 Å². The van der Waals surface area contributed by atoms with Crippen LogP contribution in [0.15, 0.2) is 0 Å². The molecule has 0 fully saturated rings. The lowest BCUT2D eigenvalue weighted by molar-refractivity contribution is -0.175. The van der Waals surface area contributed by atoms with E-state index in [0.29, 0.717) is 6.42 Å². The molecule has 0 aliphatic heterocycles. The number of halogens is 3. The van der Waals surface area contributed by atoms with Crippen molar-refractivity contribution in [1.29, 1.82) is 5.26 Å². The van der Waals surface area contributed by atoms with E-state index >= 15 is 0 Å². The first-order valence-electron chi connectivity index (χ1n) is 4.98. The Bertz CT molecular complexity index is 331. The summed E-state index contributed by atoms with van der Waals surface area (Å²) in [6.07, 6.45) is -4.61. The van der Waals surface area contributed by atoms with E-state index < -0.39 is 23.8 Å². The number of nitrogens with one attached hydrogen (secondary N) is 1. The van der Waals surface area contributed by atoms with Crippen LogP contribution in [0.1, 0.15) is 20.3 Å². The van der Waals surface area contributed by atoms with Gasteiger partial charge < -0.3 is 5.32 Å². The Labute approximate surface area is 96.8 Å². The van der Waals surface area contributed by atoms with Gasteiger partial charge in [-0.15, -0.1) is 0 Å². The van der Waals surface area contributed by atoms with E-state index in [9.17, 15) is 22.8 Å². The van der Waals surface area contributed by atoms with Crippen LogP contribution >= 0.6 is 0 Å². The normalized spacial score (nSPS) is 13.0. The number of nitriles is 1. The molecule has 1 N–H and O–H groups in total. The van der Waals surface area contributed by atoms with Crippen molar-refractivity contribution in [3.8, 4) is 6.07 Å². The highest BCUT2D eigenvalue weighted by Gasteiger charge is 2.46. The molecule has 0 aromatic carbocycles. The largest absolute Gasteiger partial charge is 0.451 e. The Hall–Kier alpha value is -1.58. The van der Waals surface area contributed by atoms with Crippen LogP contribution in [0.3, 0.4) is 0 Å². The van der Waals surface area contributed by atoms with E-state index in [0.717, 1.165) is 6.07 Å². The first-order chi connectivity index (χ1) is 7.70. The summed E-state index contributed by atoms with van der Waals surface area (Å²) >= 11 is 0. The van der Waals surface area contributed by atoms with E-state index in [-0.39, 0.29) is 12.5 Å². The molecule has 0 saturated heterocycles. The molecule has 0 aliphatic rings. The first kappa shape index (κ1) is 15.4. The van der Waals surface area contributed by atoms with Gasteiger partial charge in [-0.25, -0.2) is 0 Å². The summed E-state index contributed by atoms with van der Waals surface area (Å²) in [5.74, 6) is -5.59. The number of Topliss-reactive ketones (excluding diaryl/α,β-unsaturated/α-hetero) is 1. The second-order valence-electron chi connectivity index (χ2n) is 3.90. The van der Waals surface area contributed by atoms with Gasteiger partial charge in [-0.05, 0) is 12.3 Å². The summed E-state index contributed by atoms with van der Waals surface area (Å²) in [7, 11) is 0. The third kappa shape index (κ3) is 5.33. The molecule has 0 heterocycles. The lowest BCUT2D eigenvalue weighted by Crippen LogP contribution is -2.41. The van der Waals surface area contributed by atoms with Crippen LogP contribution in [0.2, 0.25) is 0 Å². The molecule has 1 amide bonds. The van der Waals surface area contributed by atoms with Crippen molar-refractivity contribution >= 4 is 11.7 Å². The number of carbonyl (C=O) groups excluding carboxylic acids is 2. The van der Waals surface area contributed by atoms with Crippen LogP contribution < -0.4 is 5.32 Å². The number of carbonyl (C=O) groups is 2. The zero-order valence-electron chi connectivity index (χ0n) is 9.47. The molecule has 7 heteroatoms. The van der Waals surface area contributed by atoms with Gasteiger partial charge in [0, 0.05) is 6.54 Å². The minimum Gasteiger partial charge on any atom is -0.355 e. The highest BCUT2D eigenvalue weighted by Crippen LogP contribution is 2.20. The predicted octanol–water partition coefficient (Wildman–Crippen LogP) is 1.42. The summed E-state index contributed by atoms with van der Waals surface area (Å²) in [5, 5.41) is 10.5. The molecule has 0 aliphatic carbocycles. The molecule has 96 valence electrons. The van der Waals surface area contributed by atoms with E-state index in [4.69, 9.17) is 5.26 Å². The van der Waals surface area contributed by atoms with Gasteiger partial charge in [0.1, 0.15) is 0 Å². The molecule has 0 aromatic rings. The van der Waals surface area contributed by atoms with Gasteiger partial charge in [0.15, 0.2) is 5.92 Å². The van der Waals surface area contributed by atoms with Crippen LogP contribution in [0, 0.1) is 23.2 Å². The van der Waals surface area contributed by atoms with Crippen molar-refractivity contribution in [1.82, 2.24) is 5.32 Å². The molecular weight excluding hydrogens is 237 g/mol. The smallest absolute Gasteiger partial charge is 0.355 e. The number of amides is 1. The molecule has 1 atom stereocenters. The van der Waals surface area contributed by atoms with Gasteiger partial charge >= 0.3 is 6.18 Å². The topological polar surface area (TPSA) is 70.0 Å². The maximum absolute atomic E-state index is 12.0. The van der Waals surface area contributed by atoms with Crippen molar-refractivity contribution in [2.45, 2.75) is 26.4 Å². The van der Waals surface area contributed by atoms with Gasteiger partial charge in [0.2, 0.25) is 5.91 Å². The van der Waals surface area contributed by atoms with E-state index in [1.54, 1.807) is 0 Å². The van der Waals surface area contributed by atoms with Gasteiger partial charge in [-0.1, -0.05) is 13.8 Å². The van der Waals surface area contributed by atoms with Crippen molar-refractivity contribution in [3.05, 3.63) is 0 Å². The minimum atomic E-state index is -5.17. The minimum absolute atomic E-state index is 0.139. The fraction of sp³-hybridized carbons (Fsp3) is 0.700. The van der Waals surface area contributed by atoms with Crippen LogP contribution in [-0.4, -0.2) is 24.4 Å². The van der Waals surface area contributed by atoms with E-state index in [2.05, 4.69) is 5.32 Å². The number of hydrogen-bond acceptors (Lipinski definition) is 3. The lowest BCUT2D eigenvalue weighted by Gasteiger charge is -2.12. The fourth-order valence-electron chi connectivity index (χ4n) is 0.986.